The van der Waals surface area contributed by atoms with Crippen LogP contribution in [0, 0.1) is 0 Å². The van der Waals surface area contributed by atoms with Gasteiger partial charge in [-0.05, 0) is 31.2 Å². The first-order chi connectivity index (χ1) is 7.07. The first-order valence-electron chi connectivity index (χ1n) is 5.33. The Bertz CT molecular complexity index is 336. The molecular formula is C12H18N2O. The monoisotopic (exact) mass is 206 g/mol. The molecule has 0 aromatic heterocycles. The van der Waals surface area contributed by atoms with Crippen LogP contribution < -0.4 is 5.73 Å². The third-order valence-electron chi connectivity index (χ3n) is 3.04. The SMILES string of the molecule is CN1CCC(O)(Cc2ccc(N)cc2)C1. The van der Waals surface area contributed by atoms with Crippen LogP contribution >= 0.6 is 0 Å². The molecule has 15 heavy (non-hydrogen) atoms. The van der Waals surface area contributed by atoms with E-state index < -0.39 is 5.60 Å². The van der Waals surface area contributed by atoms with Gasteiger partial charge in [0.25, 0.3) is 0 Å². The Labute approximate surface area is 90.5 Å². The van der Waals surface area contributed by atoms with Crippen LogP contribution in [0.3, 0.4) is 0 Å². The smallest absolute Gasteiger partial charge is 0.0826 e. The summed E-state index contributed by atoms with van der Waals surface area (Å²) in [6.07, 6.45) is 1.57. The summed E-state index contributed by atoms with van der Waals surface area (Å²) < 4.78 is 0. The van der Waals surface area contributed by atoms with E-state index in [1.807, 2.05) is 31.3 Å². The highest BCUT2D eigenvalue weighted by molar-refractivity contribution is 5.39. The molecule has 0 bridgehead atoms. The van der Waals surface area contributed by atoms with Crippen LogP contribution in [0.2, 0.25) is 0 Å². The zero-order valence-corrected chi connectivity index (χ0v) is 9.11. The van der Waals surface area contributed by atoms with Crippen LogP contribution in [0.4, 0.5) is 5.69 Å². The fourth-order valence-corrected chi connectivity index (χ4v) is 2.22. The van der Waals surface area contributed by atoms with Crippen LogP contribution in [0.5, 0.6) is 0 Å². The molecule has 82 valence electrons. The summed E-state index contributed by atoms with van der Waals surface area (Å²) in [5.41, 5.74) is 7.00. The number of nitrogens with two attached hydrogens (primary N) is 1. The highest BCUT2D eigenvalue weighted by atomic mass is 16.3. The molecular weight excluding hydrogens is 188 g/mol. The second kappa shape index (κ2) is 3.83. The van der Waals surface area contributed by atoms with Gasteiger partial charge in [0, 0.05) is 25.2 Å². The fraction of sp³-hybridized carbons (Fsp3) is 0.500. The summed E-state index contributed by atoms with van der Waals surface area (Å²) in [6.45, 7) is 1.74. The summed E-state index contributed by atoms with van der Waals surface area (Å²) in [5, 5.41) is 10.3. The lowest BCUT2D eigenvalue weighted by Gasteiger charge is -2.22. The molecule has 3 nitrogen and oxygen atoms in total. The van der Waals surface area contributed by atoms with E-state index in [4.69, 9.17) is 5.73 Å². The van der Waals surface area contributed by atoms with E-state index in [9.17, 15) is 5.11 Å². The van der Waals surface area contributed by atoms with Crippen molar-refractivity contribution in [3.8, 4) is 0 Å². The predicted molar refractivity (Wildman–Crippen MR) is 61.6 cm³/mol. The van der Waals surface area contributed by atoms with Gasteiger partial charge in [0.05, 0.1) is 5.60 Å². The summed E-state index contributed by atoms with van der Waals surface area (Å²) in [4.78, 5) is 2.16. The lowest BCUT2D eigenvalue weighted by atomic mass is 9.94. The second-order valence-electron chi connectivity index (χ2n) is 4.63. The van der Waals surface area contributed by atoms with Gasteiger partial charge in [-0.1, -0.05) is 12.1 Å². The number of likely N-dealkylation sites (N-methyl/N-ethyl adjacent to an activating group) is 1. The van der Waals surface area contributed by atoms with E-state index in [0.29, 0.717) is 0 Å². The van der Waals surface area contributed by atoms with Crippen molar-refractivity contribution in [2.45, 2.75) is 18.4 Å². The quantitative estimate of drug-likeness (QED) is 0.706. The van der Waals surface area contributed by atoms with Crippen LogP contribution in [0.15, 0.2) is 24.3 Å². The molecule has 0 amide bonds. The van der Waals surface area contributed by atoms with Gasteiger partial charge >= 0.3 is 0 Å². The van der Waals surface area contributed by atoms with Crippen molar-refractivity contribution < 1.29 is 5.11 Å². The molecule has 1 aliphatic heterocycles. The Morgan fingerprint density at radius 3 is 2.60 bits per heavy atom. The van der Waals surface area contributed by atoms with Crippen LogP contribution in [-0.4, -0.2) is 35.7 Å². The number of hydrogen-bond donors (Lipinski definition) is 2. The van der Waals surface area contributed by atoms with Crippen molar-refractivity contribution >= 4 is 5.69 Å². The second-order valence-corrected chi connectivity index (χ2v) is 4.63. The topological polar surface area (TPSA) is 49.5 Å². The molecule has 1 saturated heterocycles. The maximum atomic E-state index is 10.3. The highest BCUT2D eigenvalue weighted by Crippen LogP contribution is 2.24. The number of β-amino-alcohol motifs (C(OH)–C–C–N with tert-alkyl or cyclic N) is 1. The number of hydrogen-bond acceptors (Lipinski definition) is 3. The van der Waals surface area contributed by atoms with Gasteiger partial charge < -0.3 is 15.7 Å². The fourth-order valence-electron chi connectivity index (χ4n) is 2.22. The third kappa shape index (κ3) is 2.49. The molecule has 3 heteroatoms. The van der Waals surface area contributed by atoms with Crippen LogP contribution in [0.1, 0.15) is 12.0 Å². The largest absolute Gasteiger partial charge is 0.399 e. The summed E-state index contributed by atoms with van der Waals surface area (Å²) >= 11 is 0. The lowest BCUT2D eigenvalue weighted by Crippen LogP contribution is -2.34. The van der Waals surface area contributed by atoms with Gasteiger partial charge in [-0.3, -0.25) is 0 Å². The number of nitrogens with zero attached hydrogens (tertiary/aromatic N) is 1. The average molecular weight is 206 g/mol. The molecule has 3 N–H and O–H groups in total. The van der Waals surface area contributed by atoms with Crippen molar-refractivity contribution in [3.63, 3.8) is 0 Å². The van der Waals surface area contributed by atoms with Crippen molar-refractivity contribution in [3.05, 3.63) is 29.8 Å². The van der Waals surface area contributed by atoms with Gasteiger partial charge in [-0.15, -0.1) is 0 Å². The first kappa shape index (κ1) is 10.5. The minimum absolute atomic E-state index is 0.551. The van der Waals surface area contributed by atoms with E-state index in [0.717, 1.165) is 37.2 Å². The maximum absolute atomic E-state index is 10.3. The standard InChI is InChI=1S/C12H18N2O/c1-14-7-6-12(15,9-14)8-10-2-4-11(13)5-3-10/h2-5,15H,6-9,13H2,1H3. The Kier molecular flexibility index (Phi) is 2.67. The Morgan fingerprint density at radius 2 is 2.07 bits per heavy atom. The van der Waals surface area contributed by atoms with Crippen molar-refractivity contribution in [2.75, 3.05) is 25.9 Å². The molecule has 1 unspecified atom stereocenters. The minimum Gasteiger partial charge on any atom is -0.399 e. The molecule has 1 aliphatic rings. The number of likely N-dealkylation sites (tertiary alicyclic amines) is 1. The van der Waals surface area contributed by atoms with Crippen molar-refractivity contribution in [2.24, 2.45) is 0 Å². The van der Waals surface area contributed by atoms with Gasteiger partial charge in [-0.2, -0.15) is 0 Å². The molecule has 1 fully saturated rings. The normalized spacial score (nSPS) is 27.1. The molecule has 1 aromatic carbocycles. The molecule has 0 saturated carbocycles. The van der Waals surface area contributed by atoms with Crippen molar-refractivity contribution in [1.29, 1.82) is 0 Å². The van der Waals surface area contributed by atoms with Gasteiger partial charge in [-0.25, -0.2) is 0 Å². The Hall–Kier alpha value is -1.06. The number of benzene rings is 1. The lowest BCUT2D eigenvalue weighted by molar-refractivity contribution is 0.0523. The van der Waals surface area contributed by atoms with Gasteiger partial charge in [0.1, 0.15) is 0 Å². The maximum Gasteiger partial charge on any atom is 0.0826 e. The minimum atomic E-state index is -0.551. The molecule has 1 atom stereocenters. The molecule has 2 rings (SSSR count). The van der Waals surface area contributed by atoms with Crippen molar-refractivity contribution in [1.82, 2.24) is 4.90 Å². The average Bonchev–Trinajstić information content (AvgIpc) is 2.50. The molecule has 0 spiro atoms. The van der Waals surface area contributed by atoms with E-state index >= 15 is 0 Å². The van der Waals surface area contributed by atoms with E-state index in [1.54, 1.807) is 0 Å². The van der Waals surface area contributed by atoms with E-state index in [1.165, 1.54) is 0 Å². The molecule has 1 heterocycles. The molecule has 1 aromatic rings. The number of nitrogen functional groups attached to an aromatic ring is 1. The first-order valence-corrected chi connectivity index (χ1v) is 5.33. The highest BCUT2D eigenvalue weighted by Gasteiger charge is 2.34. The summed E-state index contributed by atoms with van der Waals surface area (Å²) in [6, 6.07) is 7.76. The Balaban J connectivity index is 2.05. The molecule has 0 radical (unpaired) electrons. The zero-order chi connectivity index (χ0) is 10.9. The zero-order valence-electron chi connectivity index (χ0n) is 9.11. The van der Waals surface area contributed by atoms with Crippen LogP contribution in [-0.2, 0) is 6.42 Å². The number of anilines is 1. The molecule has 0 aliphatic carbocycles. The predicted octanol–water partition coefficient (Wildman–Crippen LogP) is 0.878. The van der Waals surface area contributed by atoms with Gasteiger partial charge in [0.2, 0.25) is 0 Å². The third-order valence-corrected chi connectivity index (χ3v) is 3.04. The number of rotatable bonds is 2. The number of aliphatic hydroxyl groups is 1. The van der Waals surface area contributed by atoms with E-state index in [2.05, 4.69) is 4.90 Å². The Morgan fingerprint density at radius 1 is 1.40 bits per heavy atom. The summed E-state index contributed by atoms with van der Waals surface area (Å²) in [7, 11) is 2.04. The summed E-state index contributed by atoms with van der Waals surface area (Å²) in [5.74, 6) is 0. The van der Waals surface area contributed by atoms with Crippen LogP contribution in [0.25, 0.3) is 0 Å². The van der Waals surface area contributed by atoms with E-state index in [-0.39, 0.29) is 0 Å². The van der Waals surface area contributed by atoms with Gasteiger partial charge in [0.15, 0.2) is 0 Å².